The van der Waals surface area contributed by atoms with E-state index >= 15 is 0 Å². The van der Waals surface area contributed by atoms with Crippen LogP contribution in [0, 0.1) is 0 Å². The molecular formula is C19H14ClF3N2O3. The number of carbonyl (C=O) groups excluding carboxylic acids is 1. The standard InChI is InChI=1S/C19H14ClF3N2O3/c1-25-15-5-3-2-4-12(15)13(9-17(25)26)18(27)24-14-8-11(20)6-7-16(14)28-10-19(21,22)23/h2-9H,10H2,1H3,(H,24,27). The quantitative estimate of drug-likeness (QED) is 0.694. The zero-order chi connectivity index (χ0) is 20.5. The van der Waals surface area contributed by atoms with Gasteiger partial charge in [0.05, 0.1) is 16.8 Å². The molecule has 1 aromatic heterocycles. The van der Waals surface area contributed by atoms with E-state index in [0.717, 1.165) is 0 Å². The van der Waals surface area contributed by atoms with E-state index in [2.05, 4.69) is 5.32 Å². The van der Waals surface area contributed by atoms with Gasteiger partial charge in [-0.2, -0.15) is 13.2 Å². The normalized spacial score (nSPS) is 11.5. The number of rotatable bonds is 4. The van der Waals surface area contributed by atoms with E-state index in [9.17, 15) is 22.8 Å². The Labute approximate surface area is 162 Å². The molecule has 0 unspecified atom stereocenters. The first-order valence-electron chi connectivity index (χ1n) is 8.05. The summed E-state index contributed by atoms with van der Waals surface area (Å²) in [6.07, 6.45) is -4.54. The SMILES string of the molecule is Cn1c(=O)cc(C(=O)Nc2cc(Cl)ccc2OCC(F)(F)F)c2ccccc21. The Hall–Kier alpha value is -3.00. The van der Waals surface area contributed by atoms with E-state index in [1.54, 1.807) is 31.3 Å². The second kappa shape index (κ2) is 7.55. The summed E-state index contributed by atoms with van der Waals surface area (Å²) >= 11 is 5.90. The van der Waals surface area contributed by atoms with Crippen LogP contribution in [-0.2, 0) is 7.05 Å². The molecule has 0 radical (unpaired) electrons. The van der Waals surface area contributed by atoms with Gasteiger partial charge in [-0.1, -0.05) is 29.8 Å². The van der Waals surface area contributed by atoms with Crippen LogP contribution in [0.5, 0.6) is 5.75 Å². The van der Waals surface area contributed by atoms with Crippen LogP contribution in [0.2, 0.25) is 5.02 Å². The minimum absolute atomic E-state index is 0.0356. The summed E-state index contributed by atoms with van der Waals surface area (Å²) in [6.45, 7) is -1.52. The molecule has 5 nitrogen and oxygen atoms in total. The number of pyridine rings is 1. The van der Waals surface area contributed by atoms with Crippen molar-refractivity contribution in [1.82, 2.24) is 4.57 Å². The summed E-state index contributed by atoms with van der Waals surface area (Å²) in [7, 11) is 1.58. The number of fused-ring (bicyclic) bond motifs is 1. The van der Waals surface area contributed by atoms with Gasteiger partial charge in [-0.25, -0.2) is 0 Å². The average molecular weight is 411 g/mol. The van der Waals surface area contributed by atoms with Gasteiger partial charge in [-0.15, -0.1) is 0 Å². The lowest BCUT2D eigenvalue weighted by molar-refractivity contribution is -0.153. The number of amides is 1. The third kappa shape index (κ3) is 4.28. The van der Waals surface area contributed by atoms with Crippen molar-refractivity contribution >= 4 is 34.1 Å². The highest BCUT2D eigenvalue weighted by molar-refractivity contribution is 6.31. The molecule has 146 valence electrons. The van der Waals surface area contributed by atoms with Gasteiger partial charge < -0.3 is 14.6 Å². The van der Waals surface area contributed by atoms with Crippen molar-refractivity contribution in [1.29, 1.82) is 0 Å². The summed E-state index contributed by atoms with van der Waals surface area (Å²) in [4.78, 5) is 24.9. The number of halogens is 4. The summed E-state index contributed by atoms with van der Waals surface area (Å²) in [6, 6.07) is 11.8. The topological polar surface area (TPSA) is 60.3 Å². The number of ether oxygens (including phenoxy) is 1. The summed E-state index contributed by atoms with van der Waals surface area (Å²) in [5.74, 6) is -0.865. The van der Waals surface area contributed by atoms with Gasteiger partial charge in [0, 0.05) is 23.5 Å². The monoisotopic (exact) mass is 410 g/mol. The van der Waals surface area contributed by atoms with Crippen molar-refractivity contribution in [3.05, 3.63) is 69.5 Å². The summed E-state index contributed by atoms with van der Waals surface area (Å²) in [5, 5.41) is 3.19. The number of hydrogen-bond acceptors (Lipinski definition) is 3. The molecule has 9 heteroatoms. The summed E-state index contributed by atoms with van der Waals surface area (Å²) in [5.41, 5.74) is 0.190. The Kier molecular flexibility index (Phi) is 5.33. The molecule has 0 aliphatic rings. The molecule has 1 heterocycles. The molecule has 3 aromatic rings. The van der Waals surface area contributed by atoms with Gasteiger partial charge in [0.25, 0.3) is 11.5 Å². The number of nitrogens with zero attached hydrogens (tertiary/aromatic N) is 1. The Morgan fingerprint density at radius 2 is 1.89 bits per heavy atom. The number of aryl methyl sites for hydroxylation is 1. The first kappa shape index (κ1) is 19.8. The van der Waals surface area contributed by atoms with Crippen LogP contribution in [0.4, 0.5) is 18.9 Å². The van der Waals surface area contributed by atoms with Crippen LogP contribution in [0.3, 0.4) is 0 Å². The highest BCUT2D eigenvalue weighted by Crippen LogP contribution is 2.30. The summed E-state index contributed by atoms with van der Waals surface area (Å²) < 4.78 is 43.5. The number of nitrogens with one attached hydrogen (secondary N) is 1. The number of carbonyl (C=O) groups is 1. The molecule has 0 bridgehead atoms. The van der Waals surface area contributed by atoms with Crippen molar-refractivity contribution in [2.45, 2.75) is 6.18 Å². The zero-order valence-electron chi connectivity index (χ0n) is 14.5. The van der Waals surface area contributed by atoms with E-state index in [4.69, 9.17) is 16.3 Å². The van der Waals surface area contributed by atoms with Gasteiger partial charge >= 0.3 is 6.18 Å². The molecule has 0 saturated carbocycles. The van der Waals surface area contributed by atoms with Gasteiger partial charge in [0.1, 0.15) is 5.75 Å². The van der Waals surface area contributed by atoms with Gasteiger partial charge in [-0.05, 0) is 24.3 Å². The largest absolute Gasteiger partial charge is 0.482 e. The molecule has 3 rings (SSSR count). The van der Waals surface area contributed by atoms with Crippen molar-refractivity contribution in [2.24, 2.45) is 7.05 Å². The van der Waals surface area contributed by atoms with E-state index in [0.29, 0.717) is 10.9 Å². The number of alkyl halides is 3. The molecule has 0 spiro atoms. The Morgan fingerprint density at radius 1 is 1.18 bits per heavy atom. The molecule has 0 aliphatic heterocycles. The van der Waals surface area contributed by atoms with Gasteiger partial charge in [-0.3, -0.25) is 9.59 Å². The molecule has 0 saturated heterocycles. The second-order valence-electron chi connectivity index (χ2n) is 5.97. The third-order valence-electron chi connectivity index (χ3n) is 3.98. The number of para-hydroxylation sites is 1. The molecule has 0 fully saturated rings. The van der Waals surface area contributed by atoms with Crippen LogP contribution in [0.15, 0.2) is 53.3 Å². The second-order valence-corrected chi connectivity index (χ2v) is 6.41. The van der Waals surface area contributed by atoms with Crippen molar-refractivity contribution in [3.8, 4) is 5.75 Å². The van der Waals surface area contributed by atoms with Gasteiger partial charge in [0.2, 0.25) is 0 Å². The molecule has 0 atom stereocenters. The third-order valence-corrected chi connectivity index (χ3v) is 4.21. The Balaban J connectivity index is 1.98. The first-order chi connectivity index (χ1) is 13.2. The van der Waals surface area contributed by atoms with Crippen LogP contribution in [0.1, 0.15) is 10.4 Å². The highest BCUT2D eigenvalue weighted by atomic mass is 35.5. The van der Waals surface area contributed by atoms with Crippen molar-refractivity contribution in [2.75, 3.05) is 11.9 Å². The maximum absolute atomic E-state index is 12.8. The lowest BCUT2D eigenvalue weighted by atomic mass is 10.1. The fraction of sp³-hybridized carbons (Fsp3) is 0.158. The van der Waals surface area contributed by atoms with E-state index in [1.807, 2.05) is 0 Å². The molecule has 2 aromatic carbocycles. The van der Waals surface area contributed by atoms with Gasteiger partial charge in [0.15, 0.2) is 6.61 Å². The molecule has 1 N–H and O–H groups in total. The van der Waals surface area contributed by atoms with E-state index in [-0.39, 0.29) is 22.0 Å². The highest BCUT2D eigenvalue weighted by Gasteiger charge is 2.29. The van der Waals surface area contributed by atoms with Crippen LogP contribution in [0.25, 0.3) is 10.9 Å². The minimum Gasteiger partial charge on any atom is -0.482 e. The average Bonchev–Trinajstić information content (AvgIpc) is 2.63. The molecule has 28 heavy (non-hydrogen) atoms. The Morgan fingerprint density at radius 3 is 2.61 bits per heavy atom. The lowest BCUT2D eigenvalue weighted by Gasteiger charge is -2.15. The van der Waals surface area contributed by atoms with Crippen LogP contribution >= 0.6 is 11.6 Å². The number of hydrogen-bond donors (Lipinski definition) is 1. The minimum atomic E-state index is -4.54. The van der Waals surface area contributed by atoms with E-state index in [1.165, 1.54) is 28.8 Å². The van der Waals surface area contributed by atoms with Crippen molar-refractivity contribution < 1.29 is 22.7 Å². The van der Waals surface area contributed by atoms with Crippen molar-refractivity contribution in [3.63, 3.8) is 0 Å². The number of aromatic nitrogens is 1. The predicted molar refractivity (Wildman–Crippen MR) is 100 cm³/mol. The fourth-order valence-corrected chi connectivity index (χ4v) is 2.85. The molecular weight excluding hydrogens is 397 g/mol. The lowest BCUT2D eigenvalue weighted by Crippen LogP contribution is -2.22. The molecule has 0 aliphatic carbocycles. The first-order valence-corrected chi connectivity index (χ1v) is 8.43. The number of anilines is 1. The van der Waals surface area contributed by atoms with E-state index < -0.39 is 24.2 Å². The molecule has 1 amide bonds. The predicted octanol–water partition coefficient (Wildman–Crippen LogP) is 4.39. The Bertz CT molecular complexity index is 1110. The number of benzene rings is 2. The maximum Gasteiger partial charge on any atom is 0.422 e. The van der Waals surface area contributed by atoms with Crippen LogP contribution in [-0.4, -0.2) is 23.3 Å². The maximum atomic E-state index is 12.8. The zero-order valence-corrected chi connectivity index (χ0v) is 15.3. The van der Waals surface area contributed by atoms with Crippen LogP contribution < -0.4 is 15.6 Å². The fourth-order valence-electron chi connectivity index (χ4n) is 2.67. The smallest absolute Gasteiger partial charge is 0.422 e.